The summed E-state index contributed by atoms with van der Waals surface area (Å²) in [4.78, 5) is 6.85. The van der Waals surface area contributed by atoms with E-state index < -0.39 is 0 Å². The van der Waals surface area contributed by atoms with Crippen LogP contribution < -0.4 is 4.74 Å². The van der Waals surface area contributed by atoms with Crippen LogP contribution in [-0.4, -0.2) is 49.6 Å². The lowest BCUT2D eigenvalue weighted by Crippen LogP contribution is -2.49. The van der Waals surface area contributed by atoms with Gasteiger partial charge in [0.25, 0.3) is 0 Å². The van der Waals surface area contributed by atoms with Gasteiger partial charge in [0.1, 0.15) is 11.4 Å². The number of methoxy groups -OCH3 is 1. The number of hydrogen-bond acceptors (Lipinski definition) is 5. The Bertz CT molecular complexity index is 1500. The van der Waals surface area contributed by atoms with E-state index >= 15 is 0 Å². The summed E-state index contributed by atoms with van der Waals surface area (Å²) in [7, 11) is 1.69. The van der Waals surface area contributed by atoms with Crippen LogP contribution in [0.4, 0.5) is 0 Å². The number of nitrogens with zero attached hydrogens (tertiary/aromatic N) is 6. The molecule has 1 saturated heterocycles. The second-order valence-electron chi connectivity index (χ2n) is 10.2. The van der Waals surface area contributed by atoms with E-state index in [9.17, 15) is 0 Å². The van der Waals surface area contributed by atoms with E-state index in [4.69, 9.17) is 4.74 Å². The fraction of sp³-hybridized carbons (Fsp3) is 0.258. The molecule has 0 aliphatic carbocycles. The molecule has 0 bridgehead atoms. The summed E-state index contributed by atoms with van der Waals surface area (Å²) in [6.45, 7) is 8.07. The van der Waals surface area contributed by atoms with Crippen LogP contribution in [0.2, 0.25) is 0 Å². The lowest BCUT2D eigenvalue weighted by Gasteiger charge is -2.44. The third kappa shape index (κ3) is 4.61. The standard InChI is InChI=1S/C31H32N6O/c1-21-5-9-24(10-6-21)31(25-11-7-22(2)8-12-25)35-17-27(18-35)37-19-28(33-34-37)26-13-14-29(30(15-26)38-4)36-16-23(3)32-20-36/h5-16,19-20,27,31H,17-18H2,1-4H3. The Morgan fingerprint density at radius 3 is 2.08 bits per heavy atom. The number of likely N-dealkylation sites (tertiary alicyclic amines) is 1. The molecule has 0 amide bonds. The van der Waals surface area contributed by atoms with Crippen molar-refractivity contribution in [2.45, 2.75) is 32.9 Å². The molecule has 5 aromatic rings. The highest BCUT2D eigenvalue weighted by Gasteiger charge is 2.35. The van der Waals surface area contributed by atoms with Gasteiger partial charge in [0.05, 0.1) is 43.1 Å². The first-order valence-electron chi connectivity index (χ1n) is 13.0. The SMILES string of the molecule is COc1cc(-c2cn(C3CN(C(c4ccc(C)cc4)c4ccc(C)cc4)C3)nn2)ccc1-n1cnc(C)c1. The molecule has 6 rings (SSSR count). The van der Waals surface area contributed by atoms with Gasteiger partial charge in [-0.25, -0.2) is 9.67 Å². The van der Waals surface area contributed by atoms with Gasteiger partial charge in [-0.1, -0.05) is 70.9 Å². The van der Waals surface area contributed by atoms with Crippen molar-refractivity contribution in [1.82, 2.24) is 29.4 Å². The summed E-state index contributed by atoms with van der Waals surface area (Å²) in [5.74, 6) is 0.767. The molecule has 1 aliphatic heterocycles. The van der Waals surface area contributed by atoms with Crippen LogP contribution in [0, 0.1) is 20.8 Å². The van der Waals surface area contributed by atoms with Crippen molar-refractivity contribution in [2.75, 3.05) is 20.2 Å². The van der Waals surface area contributed by atoms with Crippen molar-refractivity contribution in [1.29, 1.82) is 0 Å². The number of imidazole rings is 1. The van der Waals surface area contributed by atoms with Crippen molar-refractivity contribution in [2.24, 2.45) is 0 Å². The highest BCUT2D eigenvalue weighted by Crippen LogP contribution is 2.37. The summed E-state index contributed by atoms with van der Waals surface area (Å²) < 4.78 is 9.66. The van der Waals surface area contributed by atoms with Crippen molar-refractivity contribution < 1.29 is 4.74 Å². The number of aryl methyl sites for hydroxylation is 3. The van der Waals surface area contributed by atoms with Gasteiger partial charge in [0.15, 0.2) is 0 Å². The number of aromatic nitrogens is 5. The Labute approximate surface area is 223 Å². The minimum Gasteiger partial charge on any atom is -0.495 e. The average molecular weight is 505 g/mol. The maximum Gasteiger partial charge on any atom is 0.143 e. The third-order valence-electron chi connectivity index (χ3n) is 7.39. The van der Waals surface area contributed by atoms with E-state index in [2.05, 4.69) is 88.6 Å². The topological polar surface area (TPSA) is 61.0 Å². The van der Waals surface area contributed by atoms with E-state index in [1.54, 1.807) is 13.4 Å². The van der Waals surface area contributed by atoms with Gasteiger partial charge in [0.2, 0.25) is 0 Å². The lowest BCUT2D eigenvalue weighted by atomic mass is 9.92. The van der Waals surface area contributed by atoms with Crippen LogP contribution in [0.3, 0.4) is 0 Å². The van der Waals surface area contributed by atoms with Crippen LogP contribution in [0.15, 0.2) is 85.5 Å². The minimum atomic E-state index is 0.221. The molecule has 3 heterocycles. The van der Waals surface area contributed by atoms with E-state index in [0.717, 1.165) is 41.5 Å². The first-order chi connectivity index (χ1) is 18.5. The van der Waals surface area contributed by atoms with Crippen molar-refractivity contribution in [3.63, 3.8) is 0 Å². The van der Waals surface area contributed by atoms with Gasteiger partial charge in [-0.3, -0.25) is 4.90 Å². The zero-order chi connectivity index (χ0) is 26.2. The van der Waals surface area contributed by atoms with E-state index in [1.807, 2.05) is 40.7 Å². The molecule has 3 aromatic carbocycles. The molecule has 0 spiro atoms. The van der Waals surface area contributed by atoms with Crippen molar-refractivity contribution in [3.05, 3.63) is 113 Å². The average Bonchev–Trinajstić information content (AvgIpc) is 3.56. The summed E-state index contributed by atoms with van der Waals surface area (Å²) >= 11 is 0. The number of rotatable bonds is 7. The molecule has 2 aromatic heterocycles. The largest absolute Gasteiger partial charge is 0.495 e. The second-order valence-corrected chi connectivity index (χ2v) is 10.2. The zero-order valence-electron chi connectivity index (χ0n) is 22.2. The van der Waals surface area contributed by atoms with Crippen LogP contribution in [0.1, 0.15) is 40.0 Å². The molecular weight excluding hydrogens is 472 g/mol. The summed E-state index contributed by atoms with van der Waals surface area (Å²) in [5.41, 5.74) is 8.90. The molecule has 0 atom stereocenters. The van der Waals surface area contributed by atoms with E-state index in [0.29, 0.717) is 0 Å². The molecule has 1 fully saturated rings. The second kappa shape index (κ2) is 9.91. The number of benzene rings is 3. The fourth-order valence-corrected chi connectivity index (χ4v) is 5.17. The normalized spacial score (nSPS) is 14.1. The third-order valence-corrected chi connectivity index (χ3v) is 7.39. The summed E-state index contributed by atoms with van der Waals surface area (Å²) in [6.07, 6.45) is 5.83. The van der Waals surface area contributed by atoms with Crippen LogP contribution in [0.5, 0.6) is 5.75 Å². The molecule has 0 radical (unpaired) electrons. The summed E-state index contributed by atoms with van der Waals surface area (Å²) in [6, 6.07) is 24.4. The highest BCUT2D eigenvalue weighted by molar-refractivity contribution is 5.64. The first-order valence-corrected chi connectivity index (χ1v) is 13.0. The number of ether oxygens (including phenoxy) is 1. The van der Waals surface area contributed by atoms with Gasteiger partial charge >= 0.3 is 0 Å². The minimum absolute atomic E-state index is 0.221. The van der Waals surface area contributed by atoms with Gasteiger partial charge in [-0.15, -0.1) is 5.10 Å². The van der Waals surface area contributed by atoms with Crippen molar-refractivity contribution >= 4 is 0 Å². The molecule has 0 N–H and O–H groups in total. The Hall–Kier alpha value is -4.23. The van der Waals surface area contributed by atoms with Gasteiger partial charge in [0, 0.05) is 24.8 Å². The molecule has 7 nitrogen and oxygen atoms in total. The molecule has 192 valence electrons. The van der Waals surface area contributed by atoms with Crippen LogP contribution in [-0.2, 0) is 0 Å². The van der Waals surface area contributed by atoms with Crippen molar-refractivity contribution in [3.8, 4) is 22.7 Å². The van der Waals surface area contributed by atoms with Crippen LogP contribution in [0.25, 0.3) is 16.9 Å². The highest BCUT2D eigenvalue weighted by atomic mass is 16.5. The van der Waals surface area contributed by atoms with Gasteiger partial charge < -0.3 is 9.30 Å². The molecule has 1 aliphatic rings. The maximum atomic E-state index is 5.69. The fourth-order valence-electron chi connectivity index (χ4n) is 5.17. The number of hydrogen-bond donors (Lipinski definition) is 0. The smallest absolute Gasteiger partial charge is 0.143 e. The predicted molar refractivity (Wildman–Crippen MR) is 149 cm³/mol. The monoisotopic (exact) mass is 504 g/mol. The Morgan fingerprint density at radius 2 is 1.50 bits per heavy atom. The van der Waals surface area contributed by atoms with Gasteiger partial charge in [-0.05, 0) is 44.0 Å². The Morgan fingerprint density at radius 1 is 0.842 bits per heavy atom. The molecule has 38 heavy (non-hydrogen) atoms. The zero-order valence-corrected chi connectivity index (χ0v) is 22.2. The van der Waals surface area contributed by atoms with E-state index in [1.165, 1.54) is 22.3 Å². The van der Waals surface area contributed by atoms with E-state index in [-0.39, 0.29) is 12.1 Å². The summed E-state index contributed by atoms with van der Waals surface area (Å²) in [5, 5.41) is 9.00. The lowest BCUT2D eigenvalue weighted by molar-refractivity contribution is 0.0671. The molecular formula is C31H32N6O. The predicted octanol–water partition coefficient (Wildman–Crippen LogP) is 5.71. The maximum absolute atomic E-state index is 5.69. The Balaban J connectivity index is 1.21. The van der Waals surface area contributed by atoms with Crippen LogP contribution >= 0.6 is 0 Å². The Kier molecular flexibility index (Phi) is 6.29. The first kappa shape index (κ1) is 24.1. The molecule has 0 unspecified atom stereocenters. The van der Waals surface area contributed by atoms with Gasteiger partial charge in [-0.2, -0.15) is 0 Å². The molecule has 0 saturated carbocycles. The molecule has 7 heteroatoms. The quantitative estimate of drug-likeness (QED) is 0.284.